The van der Waals surface area contributed by atoms with E-state index >= 15 is 0 Å². The van der Waals surface area contributed by atoms with Crippen LogP contribution in [0.15, 0.2) is 53.4 Å². The average molecular weight is 379 g/mol. The Morgan fingerprint density at radius 1 is 1.04 bits per heavy atom. The third-order valence-electron chi connectivity index (χ3n) is 4.06. The van der Waals surface area contributed by atoms with E-state index in [2.05, 4.69) is 0 Å². The molecule has 0 aromatic heterocycles. The Kier molecular flexibility index (Phi) is 6.50. The van der Waals surface area contributed by atoms with Gasteiger partial charge in [0.25, 0.3) is 0 Å². The van der Waals surface area contributed by atoms with Crippen molar-refractivity contribution in [1.82, 2.24) is 4.31 Å². The molecule has 0 radical (unpaired) electrons. The summed E-state index contributed by atoms with van der Waals surface area (Å²) in [5.74, 6) is -0.939. The lowest BCUT2D eigenvalue weighted by Crippen LogP contribution is -2.30. The number of rotatable bonds is 7. The highest BCUT2D eigenvalue weighted by Crippen LogP contribution is 2.21. The minimum absolute atomic E-state index is 0.129. The zero-order chi connectivity index (χ0) is 19.3. The highest BCUT2D eigenvalue weighted by Gasteiger charge is 2.22. The molecule has 2 rings (SSSR count). The van der Waals surface area contributed by atoms with Crippen molar-refractivity contribution in [2.45, 2.75) is 31.8 Å². The SMILES string of the molecule is CCN(CC)S(=O)(=O)c1ccc(C(=O)O[C@@H](C)c2ccc(F)cc2)cc1. The lowest BCUT2D eigenvalue weighted by atomic mass is 10.1. The van der Waals surface area contributed by atoms with Crippen LogP contribution in [0.1, 0.15) is 42.8 Å². The number of benzene rings is 2. The molecule has 2 aromatic rings. The van der Waals surface area contributed by atoms with Crippen LogP contribution >= 0.6 is 0 Å². The Hall–Kier alpha value is -2.25. The van der Waals surface area contributed by atoms with Crippen molar-refractivity contribution in [3.63, 3.8) is 0 Å². The maximum atomic E-state index is 13.0. The molecule has 0 aliphatic rings. The van der Waals surface area contributed by atoms with Gasteiger partial charge in [0, 0.05) is 13.1 Å². The zero-order valence-electron chi connectivity index (χ0n) is 15.0. The molecular weight excluding hydrogens is 357 g/mol. The van der Waals surface area contributed by atoms with Gasteiger partial charge in [-0.25, -0.2) is 17.6 Å². The number of carbonyl (C=O) groups is 1. The summed E-state index contributed by atoms with van der Waals surface area (Å²) in [7, 11) is -3.57. The van der Waals surface area contributed by atoms with E-state index in [9.17, 15) is 17.6 Å². The minimum Gasteiger partial charge on any atom is -0.454 e. The van der Waals surface area contributed by atoms with Crippen molar-refractivity contribution >= 4 is 16.0 Å². The molecule has 0 N–H and O–H groups in total. The second-order valence-corrected chi connectivity index (χ2v) is 7.65. The number of ether oxygens (including phenoxy) is 1. The molecule has 140 valence electrons. The monoisotopic (exact) mass is 379 g/mol. The van der Waals surface area contributed by atoms with Gasteiger partial charge in [-0.1, -0.05) is 26.0 Å². The Morgan fingerprint density at radius 3 is 2.08 bits per heavy atom. The van der Waals surface area contributed by atoms with E-state index < -0.39 is 22.1 Å². The predicted octanol–water partition coefficient (Wildman–Crippen LogP) is 3.77. The van der Waals surface area contributed by atoms with Crippen LogP contribution in [0.25, 0.3) is 0 Å². The molecule has 0 saturated carbocycles. The average Bonchev–Trinajstić information content (AvgIpc) is 2.63. The highest BCUT2D eigenvalue weighted by atomic mass is 32.2. The van der Waals surface area contributed by atoms with Gasteiger partial charge in [-0.15, -0.1) is 0 Å². The van der Waals surface area contributed by atoms with E-state index in [1.54, 1.807) is 32.9 Å². The number of nitrogens with zero attached hydrogens (tertiary/aromatic N) is 1. The maximum absolute atomic E-state index is 13.0. The normalized spacial score (nSPS) is 12.8. The van der Waals surface area contributed by atoms with Crippen LogP contribution in [-0.4, -0.2) is 31.8 Å². The Morgan fingerprint density at radius 2 is 1.58 bits per heavy atom. The fourth-order valence-corrected chi connectivity index (χ4v) is 3.96. The molecule has 0 spiro atoms. The van der Waals surface area contributed by atoms with Crippen molar-refractivity contribution in [3.05, 3.63) is 65.5 Å². The number of carbonyl (C=O) groups excluding carboxylic acids is 1. The van der Waals surface area contributed by atoms with Crippen molar-refractivity contribution < 1.29 is 22.3 Å². The summed E-state index contributed by atoms with van der Waals surface area (Å²) in [5, 5.41) is 0. The van der Waals surface area contributed by atoms with Crippen LogP contribution < -0.4 is 0 Å². The third-order valence-corrected chi connectivity index (χ3v) is 6.12. The van der Waals surface area contributed by atoms with Crippen molar-refractivity contribution in [2.24, 2.45) is 0 Å². The summed E-state index contributed by atoms with van der Waals surface area (Å²) in [4.78, 5) is 12.4. The van der Waals surface area contributed by atoms with Gasteiger partial charge in [0.15, 0.2) is 0 Å². The molecule has 0 heterocycles. The summed E-state index contributed by atoms with van der Waals surface area (Å²) in [6.07, 6.45) is -0.554. The van der Waals surface area contributed by atoms with Gasteiger partial charge in [0.05, 0.1) is 10.5 Å². The molecular formula is C19H22FNO4S. The van der Waals surface area contributed by atoms with Crippen LogP contribution in [0.3, 0.4) is 0 Å². The van der Waals surface area contributed by atoms with E-state index in [0.29, 0.717) is 18.7 Å². The molecule has 0 saturated heterocycles. The van der Waals surface area contributed by atoms with Crippen molar-refractivity contribution in [3.8, 4) is 0 Å². The summed E-state index contributed by atoms with van der Waals surface area (Å²) >= 11 is 0. The van der Waals surface area contributed by atoms with Gasteiger partial charge in [-0.3, -0.25) is 0 Å². The second-order valence-electron chi connectivity index (χ2n) is 5.71. The fraction of sp³-hybridized carbons (Fsp3) is 0.316. The van der Waals surface area contributed by atoms with Gasteiger partial charge in [0.1, 0.15) is 11.9 Å². The van der Waals surface area contributed by atoms with Crippen LogP contribution in [0.2, 0.25) is 0 Å². The van der Waals surface area contributed by atoms with E-state index in [1.165, 1.54) is 40.7 Å². The Bertz CT molecular complexity index is 844. The highest BCUT2D eigenvalue weighted by molar-refractivity contribution is 7.89. The summed E-state index contributed by atoms with van der Waals surface area (Å²) in [5.41, 5.74) is 0.915. The largest absolute Gasteiger partial charge is 0.454 e. The quantitative estimate of drug-likeness (QED) is 0.687. The van der Waals surface area contributed by atoms with Crippen molar-refractivity contribution in [2.75, 3.05) is 13.1 Å². The van der Waals surface area contributed by atoms with Crippen LogP contribution in [0.5, 0.6) is 0 Å². The molecule has 1 atom stereocenters. The lowest BCUT2D eigenvalue weighted by Gasteiger charge is -2.18. The van der Waals surface area contributed by atoms with E-state index in [1.807, 2.05) is 0 Å². The van der Waals surface area contributed by atoms with Gasteiger partial charge in [-0.05, 0) is 48.9 Å². The van der Waals surface area contributed by atoms with Gasteiger partial charge in [-0.2, -0.15) is 4.31 Å². The Labute approximate surface area is 153 Å². The molecule has 5 nitrogen and oxygen atoms in total. The number of esters is 1. The van der Waals surface area contributed by atoms with Crippen LogP contribution in [-0.2, 0) is 14.8 Å². The molecule has 0 bridgehead atoms. The first-order chi connectivity index (χ1) is 12.3. The molecule has 26 heavy (non-hydrogen) atoms. The first-order valence-electron chi connectivity index (χ1n) is 8.36. The number of hydrogen-bond acceptors (Lipinski definition) is 4. The standard InChI is InChI=1S/C19H22FNO4S/c1-4-21(5-2)26(23,24)18-12-8-16(9-13-18)19(22)25-14(3)15-6-10-17(20)11-7-15/h6-14H,4-5H2,1-3H3/t14-/m0/s1. The van der Waals surface area contributed by atoms with Gasteiger partial charge >= 0.3 is 5.97 Å². The maximum Gasteiger partial charge on any atom is 0.338 e. The van der Waals surface area contributed by atoms with Gasteiger partial charge in [0.2, 0.25) is 10.0 Å². The molecule has 7 heteroatoms. The molecule has 2 aromatic carbocycles. The summed E-state index contributed by atoms with van der Waals surface area (Å²) in [6.45, 7) is 5.97. The van der Waals surface area contributed by atoms with E-state index in [4.69, 9.17) is 4.74 Å². The Balaban J connectivity index is 2.12. The number of halogens is 1. The second kappa shape index (κ2) is 8.42. The number of hydrogen-bond donors (Lipinski definition) is 0. The minimum atomic E-state index is -3.57. The van der Waals surface area contributed by atoms with E-state index in [0.717, 1.165) is 0 Å². The molecule has 0 unspecified atom stereocenters. The number of sulfonamides is 1. The van der Waals surface area contributed by atoms with Gasteiger partial charge < -0.3 is 4.74 Å². The van der Waals surface area contributed by atoms with Crippen LogP contribution in [0.4, 0.5) is 4.39 Å². The summed E-state index contributed by atoms with van der Waals surface area (Å²) < 4.78 is 44.6. The topological polar surface area (TPSA) is 63.7 Å². The van der Waals surface area contributed by atoms with Crippen LogP contribution in [0, 0.1) is 5.82 Å². The molecule has 0 amide bonds. The predicted molar refractivity (Wildman–Crippen MR) is 96.8 cm³/mol. The summed E-state index contributed by atoms with van der Waals surface area (Å²) in [6, 6.07) is 11.3. The zero-order valence-corrected chi connectivity index (χ0v) is 15.8. The first kappa shape index (κ1) is 20.1. The molecule has 0 aliphatic carbocycles. The fourth-order valence-electron chi connectivity index (χ4n) is 2.51. The molecule has 0 aliphatic heterocycles. The first-order valence-corrected chi connectivity index (χ1v) is 9.80. The lowest BCUT2D eigenvalue weighted by molar-refractivity contribution is 0.0337. The molecule has 0 fully saturated rings. The smallest absolute Gasteiger partial charge is 0.338 e. The van der Waals surface area contributed by atoms with Crippen molar-refractivity contribution in [1.29, 1.82) is 0 Å². The van der Waals surface area contributed by atoms with E-state index in [-0.39, 0.29) is 16.3 Å². The third kappa shape index (κ3) is 4.47.